The second-order valence-corrected chi connectivity index (χ2v) is 6.04. The van der Waals surface area contributed by atoms with Gasteiger partial charge in [0, 0.05) is 18.2 Å². The van der Waals surface area contributed by atoms with Gasteiger partial charge in [0.1, 0.15) is 5.70 Å². The smallest absolute Gasteiger partial charge is 0.168 e. The molecule has 1 unspecified atom stereocenters. The van der Waals surface area contributed by atoms with Crippen molar-refractivity contribution in [2.75, 3.05) is 7.05 Å². The third-order valence-electron chi connectivity index (χ3n) is 4.40. The lowest BCUT2D eigenvalue weighted by atomic mass is 10.0. The van der Waals surface area contributed by atoms with Crippen LogP contribution in [-0.4, -0.2) is 11.9 Å². The van der Waals surface area contributed by atoms with Crippen LogP contribution in [0, 0.1) is 0 Å². The first-order valence-electron chi connectivity index (χ1n) is 8.38. The predicted octanol–water partition coefficient (Wildman–Crippen LogP) is 5.61. The van der Waals surface area contributed by atoms with E-state index in [4.69, 9.17) is 0 Å². The van der Waals surface area contributed by atoms with E-state index < -0.39 is 0 Å². The summed E-state index contributed by atoms with van der Waals surface area (Å²) in [5, 5.41) is 9.24. The van der Waals surface area contributed by atoms with Gasteiger partial charge in [0.05, 0.1) is 5.70 Å². The molecular formula is C22H19N3. The van der Waals surface area contributed by atoms with Crippen molar-refractivity contribution in [1.82, 2.24) is 4.90 Å². The fourth-order valence-electron chi connectivity index (χ4n) is 3.17. The number of benzene rings is 3. The summed E-state index contributed by atoms with van der Waals surface area (Å²) >= 11 is 0. The van der Waals surface area contributed by atoms with E-state index in [0.29, 0.717) is 0 Å². The summed E-state index contributed by atoms with van der Waals surface area (Å²) in [6.45, 7) is 0. The maximum Gasteiger partial charge on any atom is 0.168 e. The lowest BCUT2D eigenvalue weighted by Crippen LogP contribution is -2.25. The molecule has 1 atom stereocenters. The fourth-order valence-corrected chi connectivity index (χ4v) is 3.17. The Bertz CT molecular complexity index is 900. The second-order valence-electron chi connectivity index (χ2n) is 6.04. The van der Waals surface area contributed by atoms with E-state index in [9.17, 15) is 0 Å². The molecule has 1 aliphatic rings. The minimum absolute atomic E-state index is 0.121. The Hall–Kier alpha value is -3.20. The molecular weight excluding hydrogens is 306 g/mol. The molecule has 0 aliphatic carbocycles. The fraction of sp³-hybridized carbons (Fsp3) is 0.0909. The van der Waals surface area contributed by atoms with Gasteiger partial charge in [-0.3, -0.25) is 0 Å². The summed E-state index contributed by atoms with van der Waals surface area (Å²) < 4.78 is 0. The average Bonchev–Trinajstić information content (AvgIpc) is 2.70. The number of hydrogen-bond donors (Lipinski definition) is 0. The summed E-state index contributed by atoms with van der Waals surface area (Å²) in [5.74, 6) is 0. The van der Waals surface area contributed by atoms with E-state index >= 15 is 0 Å². The number of hydrogen-bond acceptors (Lipinski definition) is 3. The van der Waals surface area contributed by atoms with Crippen LogP contribution in [0.2, 0.25) is 0 Å². The van der Waals surface area contributed by atoms with Crippen LogP contribution in [-0.2, 0) is 0 Å². The van der Waals surface area contributed by atoms with Gasteiger partial charge in [-0.2, -0.15) is 10.2 Å². The molecule has 0 aromatic heterocycles. The van der Waals surface area contributed by atoms with Crippen molar-refractivity contribution in [2.24, 2.45) is 10.2 Å². The molecule has 0 saturated carbocycles. The van der Waals surface area contributed by atoms with Crippen LogP contribution in [0.3, 0.4) is 0 Å². The Morgan fingerprint density at radius 2 is 1.20 bits per heavy atom. The largest absolute Gasteiger partial charge is 0.345 e. The number of nitrogens with zero attached hydrogens (tertiary/aromatic N) is 3. The molecule has 25 heavy (non-hydrogen) atoms. The molecule has 0 amide bonds. The quantitative estimate of drug-likeness (QED) is 0.615. The van der Waals surface area contributed by atoms with Crippen molar-refractivity contribution in [3.8, 4) is 0 Å². The van der Waals surface area contributed by atoms with E-state index in [-0.39, 0.29) is 6.17 Å². The molecule has 1 heterocycles. The minimum atomic E-state index is -0.121. The van der Waals surface area contributed by atoms with Crippen molar-refractivity contribution in [3.05, 3.63) is 108 Å². The highest BCUT2D eigenvalue weighted by atomic mass is 15.3. The third-order valence-corrected chi connectivity index (χ3v) is 4.40. The van der Waals surface area contributed by atoms with Crippen LogP contribution >= 0.6 is 0 Å². The van der Waals surface area contributed by atoms with Crippen LogP contribution in [0.5, 0.6) is 0 Å². The van der Waals surface area contributed by atoms with Crippen LogP contribution in [0.4, 0.5) is 0 Å². The van der Waals surface area contributed by atoms with Crippen LogP contribution in [0.15, 0.2) is 101 Å². The molecule has 0 saturated heterocycles. The zero-order chi connectivity index (χ0) is 17.1. The molecule has 0 fully saturated rings. The van der Waals surface area contributed by atoms with E-state index in [1.165, 1.54) is 0 Å². The van der Waals surface area contributed by atoms with Gasteiger partial charge in [0.25, 0.3) is 0 Å². The number of azo groups is 1. The van der Waals surface area contributed by atoms with Crippen LogP contribution < -0.4 is 0 Å². The summed E-state index contributed by atoms with van der Waals surface area (Å²) in [7, 11) is 2.08. The molecule has 3 heteroatoms. The van der Waals surface area contributed by atoms with Gasteiger partial charge in [-0.15, -0.1) is 0 Å². The lowest BCUT2D eigenvalue weighted by molar-refractivity contribution is 0.348. The van der Waals surface area contributed by atoms with Crippen molar-refractivity contribution >= 4 is 11.4 Å². The molecule has 0 N–H and O–H groups in total. The first-order chi connectivity index (χ1) is 12.3. The molecule has 0 spiro atoms. The Morgan fingerprint density at radius 3 is 1.80 bits per heavy atom. The predicted molar refractivity (Wildman–Crippen MR) is 102 cm³/mol. The molecule has 3 aromatic rings. The molecule has 0 radical (unpaired) electrons. The van der Waals surface area contributed by atoms with E-state index in [0.717, 1.165) is 28.1 Å². The number of rotatable bonds is 3. The topological polar surface area (TPSA) is 28.0 Å². The Labute approximate surface area is 148 Å². The van der Waals surface area contributed by atoms with Crippen molar-refractivity contribution in [1.29, 1.82) is 0 Å². The normalized spacial score (nSPS) is 17.0. The molecule has 0 bridgehead atoms. The van der Waals surface area contributed by atoms with Gasteiger partial charge < -0.3 is 4.90 Å². The Morgan fingerprint density at radius 1 is 0.680 bits per heavy atom. The average molecular weight is 325 g/mol. The van der Waals surface area contributed by atoms with Gasteiger partial charge in [0.15, 0.2) is 6.17 Å². The van der Waals surface area contributed by atoms with Gasteiger partial charge in [0.2, 0.25) is 0 Å². The van der Waals surface area contributed by atoms with Gasteiger partial charge in [-0.25, -0.2) is 0 Å². The zero-order valence-electron chi connectivity index (χ0n) is 14.1. The van der Waals surface area contributed by atoms with Gasteiger partial charge in [-0.05, 0) is 5.56 Å². The van der Waals surface area contributed by atoms with E-state index in [1.54, 1.807) is 0 Å². The molecule has 1 aliphatic heterocycles. The van der Waals surface area contributed by atoms with E-state index in [1.807, 2.05) is 42.5 Å². The standard InChI is InChI=1S/C22H19N3/c1-25-21(18-13-7-3-8-14-18)20(17-11-5-2-6-12-17)23-24-22(25)19-15-9-4-10-16-19/h2-16,22H,1H3. The molecule has 3 aromatic carbocycles. The van der Waals surface area contributed by atoms with Gasteiger partial charge in [-0.1, -0.05) is 91.0 Å². The summed E-state index contributed by atoms with van der Waals surface area (Å²) in [6, 6.07) is 30.9. The Balaban J connectivity index is 1.86. The third kappa shape index (κ3) is 2.96. The maximum absolute atomic E-state index is 4.63. The van der Waals surface area contributed by atoms with Crippen LogP contribution in [0.1, 0.15) is 22.9 Å². The SMILES string of the molecule is CN1C(c2ccccc2)=C(c2ccccc2)N=NC1c1ccccc1. The second kappa shape index (κ2) is 6.73. The first-order valence-corrected chi connectivity index (χ1v) is 8.38. The first kappa shape index (κ1) is 15.3. The lowest BCUT2D eigenvalue weighted by Gasteiger charge is -2.33. The molecule has 4 rings (SSSR count). The van der Waals surface area contributed by atoms with Crippen LogP contribution in [0.25, 0.3) is 11.4 Å². The summed E-state index contributed by atoms with van der Waals surface area (Å²) in [5.41, 5.74) is 5.35. The van der Waals surface area contributed by atoms with Gasteiger partial charge >= 0.3 is 0 Å². The maximum atomic E-state index is 4.63. The highest BCUT2D eigenvalue weighted by Gasteiger charge is 2.27. The molecule has 122 valence electrons. The highest BCUT2D eigenvalue weighted by molar-refractivity contribution is 5.89. The van der Waals surface area contributed by atoms with Crippen molar-refractivity contribution < 1.29 is 0 Å². The minimum Gasteiger partial charge on any atom is -0.345 e. The zero-order valence-corrected chi connectivity index (χ0v) is 14.1. The summed E-state index contributed by atoms with van der Waals surface area (Å²) in [4.78, 5) is 2.21. The highest BCUT2D eigenvalue weighted by Crippen LogP contribution is 2.39. The van der Waals surface area contributed by atoms with Crippen molar-refractivity contribution in [3.63, 3.8) is 0 Å². The van der Waals surface area contributed by atoms with E-state index in [2.05, 4.69) is 70.7 Å². The summed E-state index contributed by atoms with van der Waals surface area (Å²) in [6.07, 6.45) is -0.121. The molecule has 3 nitrogen and oxygen atoms in total. The monoisotopic (exact) mass is 325 g/mol. The Kier molecular flexibility index (Phi) is 4.13. The van der Waals surface area contributed by atoms with Crippen molar-refractivity contribution in [2.45, 2.75) is 6.17 Å².